The molecule has 260 valence electrons. The number of nitrogens with zero attached hydrogens (tertiary/aromatic N) is 2. The molecule has 4 bridgehead atoms. The van der Waals surface area contributed by atoms with Crippen LogP contribution >= 0.6 is 0 Å². The van der Waals surface area contributed by atoms with Crippen LogP contribution in [-0.4, -0.2) is 114 Å². The Bertz CT molecular complexity index is 1810. The number of likely N-dealkylation sites (tertiary alicyclic amines) is 2. The summed E-state index contributed by atoms with van der Waals surface area (Å²) in [6, 6.07) is 8.62. The first-order valence-electron chi connectivity index (χ1n) is 17.7. The molecule has 0 radical (unpaired) electrons. The van der Waals surface area contributed by atoms with Crippen LogP contribution in [0.25, 0.3) is 0 Å². The second kappa shape index (κ2) is 11.1. The first kappa shape index (κ1) is 31.6. The average molecular weight is 671 g/mol. The molecule has 5 aliphatic heterocycles. The minimum Gasteiger partial charge on any atom is -0.504 e. The van der Waals surface area contributed by atoms with Gasteiger partial charge in [-0.15, -0.1) is 0 Å². The van der Waals surface area contributed by atoms with Gasteiger partial charge in [0.25, 0.3) is 0 Å². The lowest BCUT2D eigenvalue weighted by atomic mass is 9.55. The molecule has 3 fully saturated rings. The SMILES string of the molecule is CC1=CC=C2[C@H]3Cc4ccc(O)c5c4[C@@]2(CCN3C)[C@H]1O5.CN1CC[C@@]23C4=CCC5(OCCO5)[C@@H]2Oc2c(O)ccc(c23)C[C@H]41.OCCO. The molecule has 10 heteroatoms. The lowest BCUT2D eigenvalue weighted by Gasteiger charge is -2.56. The van der Waals surface area contributed by atoms with Gasteiger partial charge in [0.1, 0.15) is 6.10 Å². The third-order valence-corrected chi connectivity index (χ3v) is 12.9. The molecule has 4 aliphatic carbocycles. The highest BCUT2D eigenvalue weighted by molar-refractivity contribution is 5.68. The van der Waals surface area contributed by atoms with Gasteiger partial charge in [-0.25, -0.2) is 0 Å². The molecule has 5 heterocycles. The Morgan fingerprint density at radius 3 is 1.96 bits per heavy atom. The number of rotatable bonds is 1. The van der Waals surface area contributed by atoms with Crippen LogP contribution in [0.1, 0.15) is 48.4 Å². The molecule has 0 unspecified atom stereocenters. The largest absolute Gasteiger partial charge is 0.504 e. The van der Waals surface area contributed by atoms with E-state index in [0.717, 1.165) is 50.9 Å². The van der Waals surface area contributed by atoms with Crippen molar-refractivity contribution in [1.82, 2.24) is 9.80 Å². The van der Waals surface area contributed by atoms with E-state index in [1.807, 2.05) is 0 Å². The predicted octanol–water partition coefficient (Wildman–Crippen LogP) is 3.23. The highest BCUT2D eigenvalue weighted by Crippen LogP contribution is 2.65. The maximum Gasteiger partial charge on any atom is 0.210 e. The van der Waals surface area contributed by atoms with Gasteiger partial charge in [-0.3, -0.25) is 9.80 Å². The minimum atomic E-state index is -0.704. The summed E-state index contributed by atoms with van der Waals surface area (Å²) in [7, 11) is 4.43. The summed E-state index contributed by atoms with van der Waals surface area (Å²) in [5, 5.41) is 36.0. The van der Waals surface area contributed by atoms with Gasteiger partial charge < -0.3 is 39.4 Å². The van der Waals surface area contributed by atoms with Gasteiger partial charge in [0.05, 0.1) is 37.3 Å². The summed E-state index contributed by atoms with van der Waals surface area (Å²) in [6.45, 7) is 5.22. The van der Waals surface area contributed by atoms with Crippen LogP contribution in [0.4, 0.5) is 0 Å². The number of ether oxygens (including phenoxy) is 4. The zero-order chi connectivity index (χ0) is 33.9. The summed E-state index contributed by atoms with van der Waals surface area (Å²) in [5.41, 5.74) is 9.09. The number of allylic oxidation sites excluding steroid dienone is 2. The lowest BCUT2D eigenvalue weighted by Crippen LogP contribution is -2.65. The number of aliphatic hydroxyl groups is 2. The van der Waals surface area contributed by atoms with Crippen LogP contribution in [0.15, 0.2) is 59.2 Å². The topological polar surface area (TPSA) is 124 Å². The Morgan fingerprint density at radius 2 is 1.33 bits per heavy atom. The zero-order valence-corrected chi connectivity index (χ0v) is 28.4. The van der Waals surface area contributed by atoms with Crippen molar-refractivity contribution >= 4 is 0 Å². The summed E-state index contributed by atoms with van der Waals surface area (Å²) in [5.74, 6) is 1.22. The number of fused-ring (bicyclic) bond motifs is 1. The Balaban J connectivity index is 0.000000121. The molecule has 9 aliphatic rings. The molecule has 0 saturated carbocycles. The molecule has 0 aromatic heterocycles. The molecule has 0 amide bonds. The van der Waals surface area contributed by atoms with Crippen molar-refractivity contribution in [1.29, 1.82) is 0 Å². The fraction of sp³-hybridized carbons (Fsp3) is 0.538. The zero-order valence-electron chi connectivity index (χ0n) is 28.4. The summed E-state index contributed by atoms with van der Waals surface area (Å²) < 4.78 is 24.9. The first-order chi connectivity index (χ1) is 23.7. The maximum absolute atomic E-state index is 10.5. The first-order valence-corrected chi connectivity index (χ1v) is 17.7. The number of hydrogen-bond acceptors (Lipinski definition) is 10. The number of aliphatic hydroxyl groups excluding tert-OH is 2. The Kier molecular flexibility index (Phi) is 7.13. The second-order valence-electron chi connectivity index (χ2n) is 15.1. The fourth-order valence-electron chi connectivity index (χ4n) is 10.8. The number of phenols is 2. The lowest BCUT2D eigenvalue weighted by molar-refractivity contribution is -0.226. The number of hydrogen-bond donors (Lipinski definition) is 4. The van der Waals surface area contributed by atoms with Crippen LogP contribution in [0.5, 0.6) is 23.0 Å². The number of benzene rings is 2. The van der Waals surface area contributed by atoms with Crippen LogP contribution in [0.3, 0.4) is 0 Å². The molecular weight excluding hydrogens is 624 g/mol. The van der Waals surface area contributed by atoms with Crippen molar-refractivity contribution in [2.75, 3.05) is 53.6 Å². The molecule has 6 atom stereocenters. The summed E-state index contributed by atoms with van der Waals surface area (Å²) in [6.07, 6.45) is 11.5. The highest BCUT2D eigenvalue weighted by Gasteiger charge is 2.69. The average Bonchev–Trinajstić information content (AvgIpc) is 3.82. The molecular formula is C39H46N2O8. The number of aromatic hydroxyl groups is 2. The molecule has 2 aromatic carbocycles. The van der Waals surface area contributed by atoms with Crippen molar-refractivity contribution < 1.29 is 39.4 Å². The normalized spacial score (nSPS) is 34.5. The van der Waals surface area contributed by atoms with Crippen molar-refractivity contribution in [2.24, 2.45) is 0 Å². The molecule has 3 spiro atoms. The molecule has 10 nitrogen and oxygen atoms in total. The van der Waals surface area contributed by atoms with Gasteiger partial charge in [-0.2, -0.15) is 0 Å². The number of likely N-dealkylation sites (N-methyl/N-ethyl adjacent to an activating group) is 2. The van der Waals surface area contributed by atoms with E-state index in [-0.39, 0.29) is 42.0 Å². The monoisotopic (exact) mass is 670 g/mol. The number of piperidine rings is 2. The van der Waals surface area contributed by atoms with Crippen LogP contribution in [0.2, 0.25) is 0 Å². The van der Waals surface area contributed by atoms with Crippen LogP contribution in [0, 0.1) is 0 Å². The minimum absolute atomic E-state index is 0.0301. The van der Waals surface area contributed by atoms with Gasteiger partial charge in [-0.1, -0.05) is 30.4 Å². The van der Waals surface area contributed by atoms with Gasteiger partial charge in [-0.05, 0) is 99.8 Å². The van der Waals surface area contributed by atoms with Crippen molar-refractivity contribution in [2.45, 2.75) is 79.9 Å². The Hall–Kier alpha value is -3.38. The fourth-order valence-corrected chi connectivity index (χ4v) is 10.8. The smallest absolute Gasteiger partial charge is 0.210 e. The molecule has 4 N–H and O–H groups in total. The Labute approximate surface area is 286 Å². The van der Waals surface area contributed by atoms with E-state index in [1.54, 1.807) is 12.1 Å². The standard InChI is InChI=1S/C19H21NO4.C18H19NO2.C2H6O2/c1-20-7-6-18-12-4-5-19(22-8-9-23-19)17(18)24-16-14(21)3-2-11(15(16)18)10-13(12)20;1-10-3-5-12-13-9-11-4-6-14(20)16-15(11)18(12,17(10)21-16)7-8-19(13)2;3-1-2-4/h2-4,13,17,21H,5-10H2,1H3;3-6,13,17,20H,7-9H2,1-2H3;3-4H,1-2H2/t13-,17-,18+;13-,17+,18+;/m11./s1. The maximum atomic E-state index is 10.5. The molecule has 3 saturated heterocycles. The predicted molar refractivity (Wildman–Crippen MR) is 181 cm³/mol. The summed E-state index contributed by atoms with van der Waals surface area (Å²) in [4.78, 5) is 4.92. The van der Waals surface area contributed by atoms with Crippen molar-refractivity contribution in [3.05, 3.63) is 81.5 Å². The van der Waals surface area contributed by atoms with E-state index < -0.39 is 5.79 Å². The molecule has 49 heavy (non-hydrogen) atoms. The quantitative estimate of drug-likeness (QED) is 0.337. The van der Waals surface area contributed by atoms with Crippen molar-refractivity contribution in [3.63, 3.8) is 0 Å². The van der Waals surface area contributed by atoms with Crippen LogP contribution < -0.4 is 9.47 Å². The van der Waals surface area contributed by atoms with E-state index in [0.29, 0.717) is 36.8 Å². The second-order valence-corrected chi connectivity index (χ2v) is 15.1. The van der Waals surface area contributed by atoms with Gasteiger partial charge in [0, 0.05) is 29.6 Å². The van der Waals surface area contributed by atoms with Crippen molar-refractivity contribution in [3.8, 4) is 23.0 Å². The van der Waals surface area contributed by atoms with Gasteiger partial charge >= 0.3 is 0 Å². The van der Waals surface area contributed by atoms with E-state index in [1.165, 1.54) is 39.0 Å². The third kappa shape index (κ3) is 4.04. The Morgan fingerprint density at radius 1 is 0.755 bits per heavy atom. The highest BCUT2D eigenvalue weighted by atomic mass is 16.8. The molecule has 11 rings (SSSR count). The van der Waals surface area contributed by atoms with E-state index in [4.69, 9.17) is 29.2 Å². The third-order valence-electron chi connectivity index (χ3n) is 12.9. The van der Waals surface area contributed by atoms with Gasteiger partial charge in [0.2, 0.25) is 5.79 Å². The van der Waals surface area contributed by atoms with Crippen LogP contribution in [-0.2, 0) is 33.1 Å². The van der Waals surface area contributed by atoms with E-state index in [9.17, 15) is 10.2 Å². The van der Waals surface area contributed by atoms with E-state index in [2.05, 4.69) is 61.2 Å². The summed E-state index contributed by atoms with van der Waals surface area (Å²) >= 11 is 0. The van der Waals surface area contributed by atoms with Gasteiger partial charge in [0.15, 0.2) is 29.1 Å². The van der Waals surface area contributed by atoms with E-state index >= 15 is 0 Å². The molecule has 2 aromatic rings. The number of phenolic OH excluding ortho intramolecular Hbond substituents is 2.